The molecule has 0 aromatic heterocycles. The number of nitrogens with two attached hydrogens (primary N) is 1. The summed E-state index contributed by atoms with van der Waals surface area (Å²) in [6.45, 7) is 7.40. The Kier molecular flexibility index (Phi) is 5.88. The Morgan fingerprint density at radius 1 is 1.20 bits per heavy atom. The molecular formula is C12H20ClNO. The zero-order valence-electron chi connectivity index (χ0n) is 9.62. The first kappa shape index (κ1) is 14.4. The summed E-state index contributed by atoms with van der Waals surface area (Å²) < 4.78 is 5.67. The molecule has 0 spiro atoms. The highest BCUT2D eigenvalue weighted by atomic mass is 35.5. The molecule has 86 valence electrons. The van der Waals surface area contributed by atoms with Gasteiger partial charge in [-0.1, -0.05) is 24.3 Å². The maximum Gasteiger partial charge on any atom is 0.0724 e. The fraction of sp³-hybridized carbons (Fsp3) is 0.500. The molecule has 0 aliphatic rings. The van der Waals surface area contributed by atoms with E-state index in [0.29, 0.717) is 13.2 Å². The lowest BCUT2D eigenvalue weighted by atomic mass is 10.1. The fourth-order valence-corrected chi connectivity index (χ4v) is 1.15. The van der Waals surface area contributed by atoms with Crippen molar-refractivity contribution in [3.05, 3.63) is 35.4 Å². The van der Waals surface area contributed by atoms with Crippen molar-refractivity contribution >= 4 is 12.4 Å². The summed E-state index contributed by atoms with van der Waals surface area (Å²) in [5, 5.41) is 0. The molecule has 2 N–H and O–H groups in total. The second kappa shape index (κ2) is 6.11. The SMILES string of the molecule is CC(C)(C)OCc1cccc(CN)c1.Cl. The number of halogens is 1. The van der Waals surface area contributed by atoms with E-state index in [4.69, 9.17) is 10.5 Å². The molecular weight excluding hydrogens is 210 g/mol. The van der Waals surface area contributed by atoms with E-state index in [1.54, 1.807) is 0 Å². The van der Waals surface area contributed by atoms with Gasteiger partial charge in [-0.25, -0.2) is 0 Å². The van der Waals surface area contributed by atoms with Crippen LogP contribution in [0.4, 0.5) is 0 Å². The predicted octanol–water partition coefficient (Wildman–Crippen LogP) is 2.88. The van der Waals surface area contributed by atoms with Crippen molar-refractivity contribution in [3.8, 4) is 0 Å². The zero-order chi connectivity index (χ0) is 10.6. The van der Waals surface area contributed by atoms with Crippen LogP contribution >= 0.6 is 12.4 Å². The van der Waals surface area contributed by atoms with E-state index in [2.05, 4.69) is 32.9 Å². The molecule has 3 heteroatoms. The van der Waals surface area contributed by atoms with Crippen molar-refractivity contribution in [2.24, 2.45) is 5.73 Å². The lowest BCUT2D eigenvalue weighted by Gasteiger charge is -2.19. The lowest BCUT2D eigenvalue weighted by molar-refractivity contribution is -0.0149. The van der Waals surface area contributed by atoms with Gasteiger partial charge in [0.15, 0.2) is 0 Å². The standard InChI is InChI=1S/C12H19NO.ClH/c1-12(2,3)14-9-11-6-4-5-10(7-11)8-13;/h4-7H,8-9,13H2,1-3H3;1H. The number of ether oxygens (including phenoxy) is 1. The molecule has 1 aromatic rings. The van der Waals surface area contributed by atoms with E-state index < -0.39 is 0 Å². The van der Waals surface area contributed by atoms with E-state index in [9.17, 15) is 0 Å². The van der Waals surface area contributed by atoms with Crippen LogP contribution in [0.2, 0.25) is 0 Å². The summed E-state index contributed by atoms with van der Waals surface area (Å²) in [6, 6.07) is 8.20. The molecule has 0 aliphatic heterocycles. The molecule has 2 nitrogen and oxygen atoms in total. The van der Waals surface area contributed by atoms with Crippen molar-refractivity contribution in [1.29, 1.82) is 0 Å². The van der Waals surface area contributed by atoms with Gasteiger partial charge in [0, 0.05) is 6.54 Å². The predicted molar refractivity (Wildman–Crippen MR) is 66.1 cm³/mol. The van der Waals surface area contributed by atoms with Crippen LogP contribution in [0.5, 0.6) is 0 Å². The molecule has 0 aliphatic carbocycles. The van der Waals surface area contributed by atoms with E-state index in [1.165, 1.54) is 5.56 Å². The molecule has 1 aromatic carbocycles. The molecule has 0 bridgehead atoms. The minimum Gasteiger partial charge on any atom is -0.371 e. The van der Waals surface area contributed by atoms with Gasteiger partial charge in [-0.2, -0.15) is 0 Å². The highest BCUT2D eigenvalue weighted by Gasteiger charge is 2.09. The van der Waals surface area contributed by atoms with Gasteiger partial charge in [0.25, 0.3) is 0 Å². The topological polar surface area (TPSA) is 35.2 Å². The highest BCUT2D eigenvalue weighted by Crippen LogP contribution is 2.12. The minimum atomic E-state index is -0.0846. The smallest absolute Gasteiger partial charge is 0.0724 e. The Morgan fingerprint density at radius 2 is 1.80 bits per heavy atom. The van der Waals surface area contributed by atoms with Gasteiger partial charge >= 0.3 is 0 Å². The van der Waals surface area contributed by atoms with Crippen molar-refractivity contribution in [3.63, 3.8) is 0 Å². The van der Waals surface area contributed by atoms with E-state index >= 15 is 0 Å². The summed E-state index contributed by atoms with van der Waals surface area (Å²) in [5.41, 5.74) is 7.81. The first-order valence-corrected chi connectivity index (χ1v) is 4.93. The molecule has 1 rings (SSSR count). The van der Waals surface area contributed by atoms with Crippen LogP contribution in [0.25, 0.3) is 0 Å². The third kappa shape index (κ3) is 5.78. The van der Waals surface area contributed by atoms with E-state index in [-0.39, 0.29) is 18.0 Å². The first-order chi connectivity index (χ1) is 6.51. The normalized spacial score (nSPS) is 10.9. The van der Waals surface area contributed by atoms with Crippen LogP contribution in [0.1, 0.15) is 31.9 Å². The summed E-state index contributed by atoms with van der Waals surface area (Å²) in [7, 11) is 0. The maximum absolute atomic E-state index is 5.67. The number of rotatable bonds is 3. The van der Waals surface area contributed by atoms with Crippen LogP contribution in [-0.4, -0.2) is 5.60 Å². The summed E-state index contributed by atoms with van der Waals surface area (Å²) in [6.07, 6.45) is 0. The first-order valence-electron chi connectivity index (χ1n) is 4.93. The van der Waals surface area contributed by atoms with Crippen LogP contribution in [-0.2, 0) is 17.9 Å². The Labute approximate surface area is 98.2 Å². The monoisotopic (exact) mass is 229 g/mol. The Morgan fingerprint density at radius 3 is 2.33 bits per heavy atom. The molecule has 0 radical (unpaired) electrons. The highest BCUT2D eigenvalue weighted by molar-refractivity contribution is 5.85. The Balaban J connectivity index is 0.00000196. The summed E-state index contributed by atoms with van der Waals surface area (Å²) >= 11 is 0. The average molecular weight is 230 g/mol. The number of hydrogen-bond acceptors (Lipinski definition) is 2. The van der Waals surface area contributed by atoms with Gasteiger partial charge in [0.2, 0.25) is 0 Å². The van der Waals surface area contributed by atoms with Gasteiger partial charge in [-0.05, 0) is 31.9 Å². The molecule has 0 amide bonds. The van der Waals surface area contributed by atoms with Crippen LogP contribution in [0, 0.1) is 0 Å². The Hall–Kier alpha value is -0.570. The van der Waals surface area contributed by atoms with Gasteiger partial charge in [0.1, 0.15) is 0 Å². The van der Waals surface area contributed by atoms with Crippen molar-refractivity contribution in [2.45, 2.75) is 39.5 Å². The molecule has 0 heterocycles. The third-order valence-electron chi connectivity index (χ3n) is 1.90. The van der Waals surface area contributed by atoms with Crippen LogP contribution in [0.15, 0.2) is 24.3 Å². The van der Waals surface area contributed by atoms with Crippen molar-refractivity contribution < 1.29 is 4.74 Å². The molecule has 0 saturated heterocycles. The number of hydrogen-bond donors (Lipinski definition) is 1. The molecule has 0 atom stereocenters. The van der Waals surface area contributed by atoms with Gasteiger partial charge < -0.3 is 10.5 Å². The van der Waals surface area contributed by atoms with Gasteiger partial charge in [-0.15, -0.1) is 12.4 Å². The molecule has 15 heavy (non-hydrogen) atoms. The molecule has 0 saturated carbocycles. The summed E-state index contributed by atoms with van der Waals surface area (Å²) in [5.74, 6) is 0. The van der Waals surface area contributed by atoms with Gasteiger partial charge in [-0.3, -0.25) is 0 Å². The van der Waals surface area contributed by atoms with E-state index in [0.717, 1.165) is 5.56 Å². The van der Waals surface area contributed by atoms with Crippen LogP contribution < -0.4 is 5.73 Å². The second-order valence-corrected chi connectivity index (χ2v) is 4.43. The quantitative estimate of drug-likeness (QED) is 0.865. The molecule has 0 unspecified atom stereocenters. The fourth-order valence-electron chi connectivity index (χ4n) is 1.15. The second-order valence-electron chi connectivity index (χ2n) is 4.43. The zero-order valence-corrected chi connectivity index (χ0v) is 10.4. The van der Waals surface area contributed by atoms with Gasteiger partial charge in [0.05, 0.1) is 12.2 Å². The minimum absolute atomic E-state index is 0. The Bertz CT molecular complexity index is 294. The molecule has 0 fully saturated rings. The lowest BCUT2D eigenvalue weighted by Crippen LogP contribution is -2.18. The van der Waals surface area contributed by atoms with Crippen LogP contribution in [0.3, 0.4) is 0 Å². The largest absolute Gasteiger partial charge is 0.371 e. The summed E-state index contributed by atoms with van der Waals surface area (Å²) in [4.78, 5) is 0. The average Bonchev–Trinajstić information content (AvgIpc) is 2.14. The van der Waals surface area contributed by atoms with E-state index in [1.807, 2.05) is 12.1 Å². The maximum atomic E-state index is 5.67. The number of benzene rings is 1. The van der Waals surface area contributed by atoms with Crippen molar-refractivity contribution in [2.75, 3.05) is 0 Å². The third-order valence-corrected chi connectivity index (χ3v) is 1.90. The van der Waals surface area contributed by atoms with Crippen molar-refractivity contribution in [1.82, 2.24) is 0 Å².